The topological polar surface area (TPSA) is 105 Å². The van der Waals surface area contributed by atoms with Crippen LogP contribution in [0.4, 0.5) is 0 Å². The second-order valence-electron chi connectivity index (χ2n) is 4.83. The van der Waals surface area contributed by atoms with Crippen molar-refractivity contribution in [3.8, 4) is 11.5 Å². The first-order chi connectivity index (χ1) is 11.5. The van der Waals surface area contributed by atoms with E-state index in [2.05, 4.69) is 21.0 Å². The van der Waals surface area contributed by atoms with E-state index in [9.17, 15) is 9.59 Å². The summed E-state index contributed by atoms with van der Waals surface area (Å²) in [5.74, 6) is 0.167. The minimum Gasteiger partial charge on any atom is -0.493 e. The number of ether oxygens (including phenoxy) is 2. The van der Waals surface area contributed by atoms with E-state index in [1.165, 1.54) is 13.2 Å². The number of nitrogens with zero attached hydrogens (tertiary/aromatic N) is 1. The molecular weight excluding hydrogens is 312 g/mol. The SMILES string of the molecule is COc1ccc(C=CC(=O)NNC(=O)c2cc(C)[nH]n2)cc1OC. The molecule has 3 N–H and O–H groups in total. The predicted molar refractivity (Wildman–Crippen MR) is 87.5 cm³/mol. The van der Waals surface area contributed by atoms with E-state index in [0.717, 1.165) is 11.3 Å². The molecule has 2 aromatic rings. The lowest BCUT2D eigenvalue weighted by Crippen LogP contribution is -2.40. The molecule has 0 radical (unpaired) electrons. The molecule has 2 amide bonds. The van der Waals surface area contributed by atoms with Crippen LogP contribution in [0.1, 0.15) is 21.7 Å². The van der Waals surface area contributed by atoms with Gasteiger partial charge in [0.15, 0.2) is 17.2 Å². The van der Waals surface area contributed by atoms with E-state index in [4.69, 9.17) is 9.47 Å². The number of aromatic nitrogens is 2. The van der Waals surface area contributed by atoms with Crippen LogP contribution in [0.5, 0.6) is 11.5 Å². The van der Waals surface area contributed by atoms with Gasteiger partial charge in [-0.1, -0.05) is 6.07 Å². The smallest absolute Gasteiger partial charge is 0.290 e. The van der Waals surface area contributed by atoms with E-state index in [1.807, 2.05) is 0 Å². The summed E-state index contributed by atoms with van der Waals surface area (Å²) in [6.07, 6.45) is 2.87. The van der Waals surface area contributed by atoms with Crippen molar-refractivity contribution in [1.29, 1.82) is 0 Å². The van der Waals surface area contributed by atoms with Crippen LogP contribution in [0.25, 0.3) is 6.08 Å². The molecule has 126 valence electrons. The van der Waals surface area contributed by atoms with Crippen LogP contribution in [0.15, 0.2) is 30.3 Å². The number of H-pyrrole nitrogens is 1. The lowest BCUT2D eigenvalue weighted by atomic mass is 10.2. The van der Waals surface area contributed by atoms with Crippen LogP contribution in [-0.4, -0.2) is 36.2 Å². The number of aromatic amines is 1. The Bertz CT molecular complexity index is 767. The number of hydrazine groups is 1. The summed E-state index contributed by atoms with van der Waals surface area (Å²) in [6, 6.07) is 6.81. The van der Waals surface area contributed by atoms with Crippen molar-refractivity contribution in [1.82, 2.24) is 21.0 Å². The highest BCUT2D eigenvalue weighted by atomic mass is 16.5. The molecule has 8 nitrogen and oxygen atoms in total. The summed E-state index contributed by atoms with van der Waals surface area (Å²) in [6.45, 7) is 1.77. The quantitative estimate of drug-likeness (QED) is 0.564. The molecule has 0 unspecified atom stereocenters. The monoisotopic (exact) mass is 330 g/mol. The lowest BCUT2D eigenvalue weighted by Gasteiger charge is -2.07. The molecule has 1 aromatic heterocycles. The molecule has 0 spiro atoms. The van der Waals surface area contributed by atoms with Gasteiger partial charge in [-0.3, -0.25) is 25.5 Å². The first-order valence-corrected chi connectivity index (χ1v) is 7.06. The number of benzene rings is 1. The van der Waals surface area contributed by atoms with E-state index in [0.29, 0.717) is 11.5 Å². The van der Waals surface area contributed by atoms with Crippen LogP contribution in [0.2, 0.25) is 0 Å². The number of aryl methyl sites for hydroxylation is 1. The Morgan fingerprint density at radius 3 is 2.50 bits per heavy atom. The number of rotatable bonds is 5. The summed E-state index contributed by atoms with van der Waals surface area (Å²) in [5, 5.41) is 6.43. The number of carbonyl (C=O) groups excluding carboxylic acids is 2. The van der Waals surface area contributed by atoms with Crippen molar-refractivity contribution in [2.24, 2.45) is 0 Å². The van der Waals surface area contributed by atoms with Crippen LogP contribution in [0.3, 0.4) is 0 Å². The molecule has 0 aliphatic heterocycles. The number of nitrogens with one attached hydrogen (secondary N) is 3. The van der Waals surface area contributed by atoms with Crippen molar-refractivity contribution in [2.45, 2.75) is 6.92 Å². The zero-order chi connectivity index (χ0) is 17.5. The van der Waals surface area contributed by atoms with Gasteiger partial charge in [-0.25, -0.2) is 0 Å². The molecule has 2 rings (SSSR count). The number of hydrogen-bond acceptors (Lipinski definition) is 5. The third-order valence-electron chi connectivity index (χ3n) is 3.07. The van der Waals surface area contributed by atoms with Crippen molar-refractivity contribution in [2.75, 3.05) is 14.2 Å². The fourth-order valence-corrected chi connectivity index (χ4v) is 1.89. The highest BCUT2D eigenvalue weighted by Gasteiger charge is 2.09. The van der Waals surface area contributed by atoms with Gasteiger partial charge in [0, 0.05) is 11.8 Å². The molecular formula is C16H18N4O4. The molecule has 0 saturated carbocycles. The van der Waals surface area contributed by atoms with Gasteiger partial charge in [0.25, 0.3) is 11.8 Å². The second kappa shape index (κ2) is 7.82. The molecule has 0 aliphatic rings. The Morgan fingerprint density at radius 2 is 1.88 bits per heavy atom. The average Bonchev–Trinajstić information content (AvgIpc) is 3.04. The van der Waals surface area contributed by atoms with Crippen LogP contribution < -0.4 is 20.3 Å². The van der Waals surface area contributed by atoms with E-state index in [1.54, 1.807) is 44.4 Å². The van der Waals surface area contributed by atoms with Crippen LogP contribution >= 0.6 is 0 Å². The Balaban J connectivity index is 1.92. The summed E-state index contributed by atoms with van der Waals surface area (Å²) in [5.41, 5.74) is 6.24. The zero-order valence-corrected chi connectivity index (χ0v) is 13.5. The highest BCUT2D eigenvalue weighted by molar-refractivity contribution is 5.96. The molecule has 8 heteroatoms. The summed E-state index contributed by atoms with van der Waals surface area (Å²) in [4.78, 5) is 23.5. The fourth-order valence-electron chi connectivity index (χ4n) is 1.89. The highest BCUT2D eigenvalue weighted by Crippen LogP contribution is 2.27. The van der Waals surface area contributed by atoms with Gasteiger partial charge >= 0.3 is 0 Å². The Kier molecular flexibility index (Phi) is 5.56. The van der Waals surface area contributed by atoms with E-state index in [-0.39, 0.29) is 5.69 Å². The summed E-state index contributed by atoms with van der Waals surface area (Å²) < 4.78 is 10.3. The maximum atomic E-state index is 11.7. The minimum absolute atomic E-state index is 0.191. The maximum Gasteiger partial charge on any atom is 0.290 e. The van der Waals surface area contributed by atoms with E-state index >= 15 is 0 Å². The first-order valence-electron chi connectivity index (χ1n) is 7.06. The summed E-state index contributed by atoms with van der Waals surface area (Å²) in [7, 11) is 3.08. The van der Waals surface area contributed by atoms with Crippen LogP contribution in [-0.2, 0) is 4.79 Å². The van der Waals surface area contributed by atoms with Crippen molar-refractivity contribution in [3.63, 3.8) is 0 Å². The normalized spacial score (nSPS) is 10.5. The maximum absolute atomic E-state index is 11.7. The molecule has 0 bridgehead atoms. The standard InChI is InChI=1S/C16H18N4O4/c1-10-8-12(18-17-10)16(22)20-19-15(21)7-5-11-4-6-13(23-2)14(9-11)24-3/h4-9H,1-3H3,(H,17,18)(H,19,21)(H,20,22). The first kappa shape index (κ1) is 17.1. The third kappa shape index (κ3) is 4.35. The number of amides is 2. The average molecular weight is 330 g/mol. The zero-order valence-electron chi connectivity index (χ0n) is 13.5. The molecule has 0 saturated heterocycles. The van der Waals surface area contributed by atoms with Gasteiger partial charge in [-0.05, 0) is 36.8 Å². The van der Waals surface area contributed by atoms with Gasteiger partial charge in [0.2, 0.25) is 0 Å². The minimum atomic E-state index is -0.507. The third-order valence-corrected chi connectivity index (χ3v) is 3.07. The lowest BCUT2D eigenvalue weighted by molar-refractivity contribution is -0.117. The molecule has 0 atom stereocenters. The number of hydrogen-bond donors (Lipinski definition) is 3. The van der Waals surface area contributed by atoms with Gasteiger partial charge in [-0.15, -0.1) is 0 Å². The summed E-state index contributed by atoms with van der Waals surface area (Å²) >= 11 is 0. The van der Waals surface area contributed by atoms with Gasteiger partial charge in [-0.2, -0.15) is 5.10 Å². The fraction of sp³-hybridized carbons (Fsp3) is 0.188. The van der Waals surface area contributed by atoms with Gasteiger partial charge in [0.1, 0.15) is 0 Å². The van der Waals surface area contributed by atoms with Crippen molar-refractivity contribution >= 4 is 17.9 Å². The van der Waals surface area contributed by atoms with Crippen molar-refractivity contribution in [3.05, 3.63) is 47.3 Å². The van der Waals surface area contributed by atoms with Gasteiger partial charge in [0.05, 0.1) is 14.2 Å². The van der Waals surface area contributed by atoms with Crippen LogP contribution in [0, 0.1) is 6.92 Å². The Hall–Kier alpha value is -3.29. The largest absolute Gasteiger partial charge is 0.493 e. The van der Waals surface area contributed by atoms with Crippen molar-refractivity contribution < 1.29 is 19.1 Å². The Morgan fingerprint density at radius 1 is 1.12 bits per heavy atom. The number of methoxy groups -OCH3 is 2. The molecule has 0 aliphatic carbocycles. The number of carbonyl (C=O) groups is 2. The van der Waals surface area contributed by atoms with E-state index < -0.39 is 11.8 Å². The molecule has 24 heavy (non-hydrogen) atoms. The Labute approximate surface area is 138 Å². The molecule has 0 fully saturated rings. The predicted octanol–water partition coefficient (Wildman–Crippen LogP) is 1.21. The molecule has 1 heterocycles. The van der Waals surface area contributed by atoms with Gasteiger partial charge < -0.3 is 9.47 Å². The molecule has 1 aromatic carbocycles. The second-order valence-corrected chi connectivity index (χ2v) is 4.83.